The van der Waals surface area contributed by atoms with Crippen LogP contribution in [0, 0.1) is 12.7 Å². The molecule has 0 aliphatic rings. The van der Waals surface area contributed by atoms with Crippen LogP contribution in [0.5, 0.6) is 0 Å². The van der Waals surface area contributed by atoms with E-state index in [9.17, 15) is 4.39 Å². The molecule has 0 heterocycles. The van der Waals surface area contributed by atoms with E-state index in [4.69, 9.17) is 5.73 Å². The third-order valence-corrected chi connectivity index (χ3v) is 4.11. The lowest BCUT2D eigenvalue weighted by atomic mass is 9.98. The van der Waals surface area contributed by atoms with Gasteiger partial charge in [-0.1, -0.05) is 49.6 Å². The van der Waals surface area contributed by atoms with Crippen molar-refractivity contribution in [2.45, 2.75) is 19.4 Å². The Bertz CT molecular complexity index is 578. The Kier molecular flexibility index (Phi) is 4.76. The Balaban J connectivity index is 2.25. The largest absolute Gasteiger partial charge is 0.324 e. The zero-order chi connectivity index (χ0) is 14.0. The third kappa shape index (κ3) is 3.88. The molecule has 0 aromatic heterocycles. The van der Waals surface area contributed by atoms with Crippen LogP contribution >= 0.6 is 31.9 Å². The molecule has 2 aromatic rings. The molecule has 0 saturated carbocycles. The minimum absolute atomic E-state index is 0.164. The van der Waals surface area contributed by atoms with Gasteiger partial charge < -0.3 is 5.73 Å². The highest BCUT2D eigenvalue weighted by atomic mass is 79.9. The lowest BCUT2D eigenvalue weighted by Gasteiger charge is -2.15. The fourth-order valence-corrected chi connectivity index (χ4v) is 3.09. The van der Waals surface area contributed by atoms with Gasteiger partial charge in [0.05, 0.1) is 0 Å². The van der Waals surface area contributed by atoms with Crippen molar-refractivity contribution >= 4 is 31.9 Å². The van der Waals surface area contributed by atoms with Crippen LogP contribution < -0.4 is 5.73 Å². The van der Waals surface area contributed by atoms with E-state index in [0.717, 1.165) is 25.6 Å². The summed E-state index contributed by atoms with van der Waals surface area (Å²) in [6.45, 7) is 2.03. The van der Waals surface area contributed by atoms with Crippen LogP contribution in [0.2, 0.25) is 0 Å². The number of hydrogen-bond donors (Lipinski definition) is 1. The van der Waals surface area contributed by atoms with Crippen molar-refractivity contribution < 1.29 is 4.39 Å². The summed E-state index contributed by atoms with van der Waals surface area (Å²) in [5.41, 5.74) is 9.31. The molecule has 0 spiro atoms. The van der Waals surface area contributed by atoms with Gasteiger partial charge in [-0.2, -0.15) is 0 Å². The Hall–Kier alpha value is -0.710. The minimum Gasteiger partial charge on any atom is -0.324 e. The Labute approximate surface area is 129 Å². The maximum absolute atomic E-state index is 13.3. The van der Waals surface area contributed by atoms with Gasteiger partial charge in [-0.3, -0.25) is 0 Å². The predicted octanol–water partition coefficient (Wildman–Crippen LogP) is 4.90. The second-order valence-electron chi connectivity index (χ2n) is 4.61. The molecular formula is C15H14Br2FN. The topological polar surface area (TPSA) is 26.0 Å². The third-order valence-electron chi connectivity index (χ3n) is 2.93. The Morgan fingerprint density at radius 1 is 1.16 bits per heavy atom. The Morgan fingerprint density at radius 3 is 2.58 bits per heavy atom. The molecule has 2 aromatic carbocycles. The fraction of sp³-hybridized carbons (Fsp3) is 0.200. The van der Waals surface area contributed by atoms with Gasteiger partial charge in [-0.05, 0) is 48.7 Å². The zero-order valence-corrected chi connectivity index (χ0v) is 13.6. The first-order chi connectivity index (χ1) is 8.95. The van der Waals surface area contributed by atoms with Gasteiger partial charge in [-0.15, -0.1) is 0 Å². The minimum atomic E-state index is -0.250. The highest BCUT2D eigenvalue weighted by Crippen LogP contribution is 2.26. The highest BCUT2D eigenvalue weighted by molar-refractivity contribution is 9.10. The molecule has 0 amide bonds. The first-order valence-electron chi connectivity index (χ1n) is 5.92. The molecule has 1 atom stereocenters. The van der Waals surface area contributed by atoms with Gasteiger partial charge >= 0.3 is 0 Å². The molecule has 0 radical (unpaired) electrons. The van der Waals surface area contributed by atoms with E-state index in [2.05, 4.69) is 37.9 Å². The summed E-state index contributed by atoms with van der Waals surface area (Å²) in [4.78, 5) is 0. The first-order valence-corrected chi connectivity index (χ1v) is 7.51. The molecular weight excluding hydrogens is 373 g/mol. The molecule has 19 heavy (non-hydrogen) atoms. The van der Waals surface area contributed by atoms with E-state index in [1.54, 1.807) is 0 Å². The van der Waals surface area contributed by atoms with Gasteiger partial charge in [0.25, 0.3) is 0 Å². The van der Waals surface area contributed by atoms with E-state index >= 15 is 0 Å². The maximum atomic E-state index is 13.3. The summed E-state index contributed by atoms with van der Waals surface area (Å²) in [6.07, 6.45) is 0.596. The lowest BCUT2D eigenvalue weighted by Crippen LogP contribution is -2.14. The first kappa shape index (κ1) is 14.7. The lowest BCUT2D eigenvalue weighted by molar-refractivity contribution is 0.621. The summed E-state index contributed by atoms with van der Waals surface area (Å²) >= 11 is 6.81. The van der Waals surface area contributed by atoms with Crippen LogP contribution in [0.4, 0.5) is 4.39 Å². The Morgan fingerprint density at radius 2 is 1.89 bits per heavy atom. The molecule has 2 N–H and O–H groups in total. The molecule has 0 aliphatic heterocycles. The molecule has 0 bridgehead atoms. The van der Waals surface area contributed by atoms with Gasteiger partial charge in [0.1, 0.15) is 5.82 Å². The van der Waals surface area contributed by atoms with Gasteiger partial charge in [0.2, 0.25) is 0 Å². The molecule has 100 valence electrons. The fourth-order valence-electron chi connectivity index (χ4n) is 2.04. The maximum Gasteiger partial charge on any atom is 0.124 e. The number of benzene rings is 2. The molecule has 0 saturated heterocycles. The standard InChI is InChI=1S/C15H14Br2FN/c1-9-2-3-14(17)13(4-9)15(19)7-10-5-11(16)8-12(18)6-10/h2-6,8,15H,7,19H2,1H3. The monoisotopic (exact) mass is 385 g/mol. The highest BCUT2D eigenvalue weighted by Gasteiger charge is 2.12. The average molecular weight is 387 g/mol. The predicted molar refractivity (Wildman–Crippen MR) is 83.6 cm³/mol. The second-order valence-corrected chi connectivity index (χ2v) is 6.38. The summed E-state index contributed by atoms with van der Waals surface area (Å²) in [5, 5.41) is 0. The molecule has 4 heteroatoms. The van der Waals surface area contributed by atoms with Crippen molar-refractivity contribution in [3.8, 4) is 0 Å². The van der Waals surface area contributed by atoms with Crippen LogP contribution in [-0.4, -0.2) is 0 Å². The number of hydrogen-bond acceptors (Lipinski definition) is 1. The van der Waals surface area contributed by atoms with Crippen molar-refractivity contribution in [2.24, 2.45) is 5.73 Å². The molecule has 0 fully saturated rings. The second kappa shape index (κ2) is 6.16. The average Bonchev–Trinajstić information content (AvgIpc) is 2.30. The summed E-state index contributed by atoms with van der Waals surface area (Å²) in [6, 6.07) is 10.8. The SMILES string of the molecule is Cc1ccc(Br)c(C(N)Cc2cc(F)cc(Br)c2)c1. The molecule has 1 nitrogen and oxygen atoms in total. The zero-order valence-electron chi connectivity index (χ0n) is 10.5. The molecule has 2 rings (SSSR count). The van der Waals surface area contributed by atoms with Crippen LogP contribution in [0.3, 0.4) is 0 Å². The van der Waals surface area contributed by atoms with Crippen LogP contribution in [0.25, 0.3) is 0 Å². The quantitative estimate of drug-likeness (QED) is 0.797. The van der Waals surface area contributed by atoms with E-state index in [1.807, 2.05) is 25.1 Å². The smallest absolute Gasteiger partial charge is 0.124 e. The number of halogens is 3. The van der Waals surface area contributed by atoms with E-state index in [-0.39, 0.29) is 11.9 Å². The van der Waals surface area contributed by atoms with E-state index in [1.165, 1.54) is 12.1 Å². The van der Waals surface area contributed by atoms with Crippen LogP contribution in [0.15, 0.2) is 45.3 Å². The number of nitrogens with two attached hydrogens (primary N) is 1. The number of rotatable bonds is 3. The summed E-state index contributed by atoms with van der Waals surface area (Å²) in [7, 11) is 0. The van der Waals surface area contributed by atoms with Gasteiger partial charge in [-0.25, -0.2) is 4.39 Å². The number of aryl methyl sites for hydroxylation is 1. The van der Waals surface area contributed by atoms with E-state index in [0.29, 0.717) is 6.42 Å². The molecule has 0 aliphatic carbocycles. The van der Waals surface area contributed by atoms with Crippen LogP contribution in [-0.2, 0) is 6.42 Å². The van der Waals surface area contributed by atoms with Crippen molar-refractivity contribution in [3.05, 3.63) is 67.9 Å². The van der Waals surface area contributed by atoms with Crippen LogP contribution in [0.1, 0.15) is 22.7 Å². The van der Waals surface area contributed by atoms with Gasteiger partial charge in [0.15, 0.2) is 0 Å². The summed E-state index contributed by atoms with van der Waals surface area (Å²) < 4.78 is 15.1. The van der Waals surface area contributed by atoms with Crippen molar-refractivity contribution in [1.82, 2.24) is 0 Å². The normalized spacial score (nSPS) is 12.5. The van der Waals surface area contributed by atoms with Crippen molar-refractivity contribution in [2.75, 3.05) is 0 Å². The van der Waals surface area contributed by atoms with E-state index < -0.39 is 0 Å². The molecule has 1 unspecified atom stereocenters. The van der Waals surface area contributed by atoms with Gasteiger partial charge in [0, 0.05) is 15.0 Å². The van der Waals surface area contributed by atoms with Crippen molar-refractivity contribution in [3.63, 3.8) is 0 Å². The summed E-state index contributed by atoms with van der Waals surface area (Å²) in [5.74, 6) is -0.250. The van der Waals surface area contributed by atoms with Crippen molar-refractivity contribution in [1.29, 1.82) is 0 Å².